The first-order chi connectivity index (χ1) is 20.2. The van der Waals surface area contributed by atoms with E-state index in [1.165, 1.54) is 39.8 Å². The minimum Gasteiger partial charge on any atom is -0.493 e. The molecule has 0 atom stereocenters. The summed E-state index contributed by atoms with van der Waals surface area (Å²) in [6.45, 7) is 8.29. The summed E-state index contributed by atoms with van der Waals surface area (Å²) in [6.07, 6.45) is 11.1. The molecule has 1 aliphatic heterocycles. The summed E-state index contributed by atoms with van der Waals surface area (Å²) in [4.78, 5) is 0. The number of aliphatic hydroxyl groups excluding tert-OH is 2. The van der Waals surface area contributed by atoms with Crippen molar-refractivity contribution in [2.24, 2.45) is 0 Å². The summed E-state index contributed by atoms with van der Waals surface area (Å²) in [6, 6.07) is 17.1. The van der Waals surface area contributed by atoms with Crippen molar-refractivity contribution in [3.63, 3.8) is 0 Å². The molecule has 1 heterocycles. The standard InChI is InChI=1S/C35H42N2.2CH4O.Ni/c1-5-9-13-20-28-22-16-18-25-30(28)34-32(24-12-8-4)33(27-15-11-7-3)35(37(34)36)31-26-19-17-23-29(31)21-14-10-6-2;2*1-2;/h16-19,22-23,25-26H,7-8,11-15,20-21,24,27H2,1-4H3;2*2H,1H3;. The SMILES string of the molecule is CC#CCCc1ccccc1C1=C(CCCC)C(CCCCC)=C(c2ccccc2CCC#CC)[N+]1=[N-].CO.CO.[Ni]. The van der Waals surface area contributed by atoms with E-state index in [-0.39, 0.29) is 16.5 Å². The Balaban J connectivity index is 0.00000322. The van der Waals surface area contributed by atoms with Crippen LogP contribution in [-0.2, 0) is 29.3 Å². The zero-order valence-electron chi connectivity index (χ0n) is 26.5. The number of rotatable bonds is 13. The summed E-state index contributed by atoms with van der Waals surface area (Å²) < 4.78 is 1.53. The number of benzene rings is 2. The normalized spacial score (nSPS) is 11.7. The molecule has 4 nitrogen and oxygen atoms in total. The van der Waals surface area contributed by atoms with E-state index in [1.54, 1.807) is 0 Å². The van der Waals surface area contributed by atoms with Crippen LogP contribution in [0.5, 0.6) is 0 Å². The minimum atomic E-state index is 0. The van der Waals surface area contributed by atoms with Crippen LogP contribution in [0.1, 0.15) is 108 Å². The second-order valence-corrected chi connectivity index (χ2v) is 9.69. The molecule has 0 saturated carbocycles. The summed E-state index contributed by atoms with van der Waals surface area (Å²) in [5.41, 5.74) is 21.3. The van der Waals surface area contributed by atoms with E-state index >= 15 is 0 Å². The number of allylic oxidation sites excluding steroid dienone is 2. The molecule has 2 aromatic carbocycles. The Bertz CT molecular complexity index is 1290. The van der Waals surface area contributed by atoms with E-state index in [2.05, 4.69) is 86.1 Å². The third-order valence-electron chi connectivity index (χ3n) is 7.11. The Morgan fingerprint density at radius 3 is 1.43 bits per heavy atom. The fourth-order valence-corrected chi connectivity index (χ4v) is 5.23. The largest absolute Gasteiger partial charge is 0.493 e. The van der Waals surface area contributed by atoms with Gasteiger partial charge in [0.05, 0.1) is 0 Å². The fraction of sp³-hybridized carbons (Fsp3) is 0.459. The summed E-state index contributed by atoms with van der Waals surface area (Å²) >= 11 is 0. The molecule has 0 fully saturated rings. The van der Waals surface area contributed by atoms with Crippen LogP contribution in [0.3, 0.4) is 0 Å². The predicted molar refractivity (Wildman–Crippen MR) is 174 cm³/mol. The van der Waals surface area contributed by atoms with Crippen LogP contribution in [0.4, 0.5) is 0 Å². The molecule has 1 aliphatic rings. The number of unbranched alkanes of at least 4 members (excludes halogenated alkanes) is 3. The molecule has 0 aliphatic carbocycles. The molecule has 0 aromatic heterocycles. The monoisotopic (exact) mass is 612 g/mol. The third-order valence-corrected chi connectivity index (χ3v) is 7.11. The Morgan fingerprint density at radius 2 is 1.02 bits per heavy atom. The van der Waals surface area contributed by atoms with E-state index in [9.17, 15) is 5.53 Å². The van der Waals surface area contributed by atoms with E-state index in [0.29, 0.717) is 0 Å². The van der Waals surface area contributed by atoms with Crippen LogP contribution in [-0.4, -0.2) is 29.1 Å². The van der Waals surface area contributed by atoms with Gasteiger partial charge >= 0.3 is 0 Å². The average Bonchev–Trinajstić information content (AvgIpc) is 3.29. The van der Waals surface area contributed by atoms with Crippen LogP contribution < -0.4 is 0 Å². The van der Waals surface area contributed by atoms with Crippen molar-refractivity contribution < 1.29 is 31.4 Å². The molecule has 5 heteroatoms. The van der Waals surface area contributed by atoms with Crippen molar-refractivity contribution in [3.05, 3.63) is 87.5 Å². The quantitative estimate of drug-likeness (QED) is 0.103. The van der Waals surface area contributed by atoms with Crippen molar-refractivity contribution in [3.8, 4) is 23.7 Å². The Hall–Kier alpha value is -2.95. The Labute approximate surface area is 265 Å². The summed E-state index contributed by atoms with van der Waals surface area (Å²) in [7, 11) is 2.00. The Morgan fingerprint density at radius 1 is 0.619 bits per heavy atom. The second-order valence-electron chi connectivity index (χ2n) is 9.69. The van der Waals surface area contributed by atoms with Gasteiger partial charge in [-0.2, -0.15) is 0 Å². The van der Waals surface area contributed by atoms with Gasteiger partial charge in [0.2, 0.25) is 11.4 Å². The minimum absolute atomic E-state index is 0. The number of hydrogen-bond acceptors (Lipinski definition) is 2. The molecule has 230 valence electrons. The fourth-order valence-electron chi connectivity index (χ4n) is 5.23. The van der Waals surface area contributed by atoms with Crippen molar-refractivity contribution in [1.82, 2.24) is 0 Å². The maximum Gasteiger partial charge on any atom is 0.211 e. The first-order valence-electron chi connectivity index (χ1n) is 15.0. The van der Waals surface area contributed by atoms with E-state index in [0.717, 1.165) is 94.5 Å². The molecule has 0 bridgehead atoms. The molecule has 0 amide bonds. The summed E-state index contributed by atoms with van der Waals surface area (Å²) in [5, 5.41) is 14.0. The van der Waals surface area contributed by atoms with Crippen LogP contribution in [0.15, 0.2) is 59.7 Å². The van der Waals surface area contributed by atoms with Crippen LogP contribution in [0.25, 0.3) is 16.9 Å². The van der Waals surface area contributed by atoms with Gasteiger partial charge in [0.15, 0.2) is 0 Å². The molecule has 42 heavy (non-hydrogen) atoms. The van der Waals surface area contributed by atoms with Crippen molar-refractivity contribution >= 4 is 11.4 Å². The molecule has 2 N–H and O–H groups in total. The predicted octanol–water partition coefficient (Wildman–Crippen LogP) is 8.75. The number of aliphatic hydroxyl groups is 2. The molecule has 0 saturated heterocycles. The molecule has 0 spiro atoms. The zero-order valence-corrected chi connectivity index (χ0v) is 27.5. The van der Waals surface area contributed by atoms with Crippen molar-refractivity contribution in [2.75, 3.05) is 14.2 Å². The molecular formula is C37H50N2NiO2. The third kappa shape index (κ3) is 11.0. The number of aryl methyl sites for hydroxylation is 2. The first-order valence-corrected chi connectivity index (χ1v) is 15.0. The van der Waals surface area contributed by atoms with Crippen molar-refractivity contribution in [1.29, 1.82) is 0 Å². The molecular weight excluding hydrogens is 563 g/mol. The maximum atomic E-state index is 12.0. The van der Waals surface area contributed by atoms with Gasteiger partial charge in [0.25, 0.3) is 0 Å². The Kier molecular flexibility index (Phi) is 21.9. The van der Waals surface area contributed by atoms with Gasteiger partial charge in [0, 0.05) is 65.8 Å². The first kappa shape index (κ1) is 39.1. The van der Waals surface area contributed by atoms with E-state index in [1.807, 2.05) is 13.8 Å². The van der Waals surface area contributed by atoms with Gasteiger partial charge in [-0.15, -0.1) is 23.7 Å². The van der Waals surface area contributed by atoms with Gasteiger partial charge in [0.1, 0.15) is 0 Å². The van der Waals surface area contributed by atoms with E-state index in [4.69, 9.17) is 10.2 Å². The van der Waals surface area contributed by atoms with Crippen molar-refractivity contribution in [2.45, 2.75) is 98.3 Å². The topological polar surface area (TPSA) is 65.8 Å². The number of nitrogens with zero attached hydrogens (tertiary/aromatic N) is 2. The second kappa shape index (κ2) is 23.6. The van der Waals surface area contributed by atoms with Crippen LogP contribution in [0.2, 0.25) is 0 Å². The van der Waals surface area contributed by atoms with Gasteiger partial charge in [-0.1, -0.05) is 69.5 Å². The summed E-state index contributed by atoms with van der Waals surface area (Å²) in [5.74, 6) is 12.5. The van der Waals surface area contributed by atoms with Gasteiger partial charge in [-0.3, -0.25) is 0 Å². The zero-order chi connectivity index (χ0) is 30.5. The van der Waals surface area contributed by atoms with Gasteiger partial charge in [-0.05, 0) is 75.6 Å². The van der Waals surface area contributed by atoms with Gasteiger partial charge in [-0.25, -0.2) is 4.70 Å². The van der Waals surface area contributed by atoms with E-state index < -0.39 is 0 Å². The molecule has 0 unspecified atom stereocenters. The molecule has 0 radical (unpaired) electrons. The smallest absolute Gasteiger partial charge is 0.211 e. The average molecular weight is 614 g/mol. The maximum absolute atomic E-state index is 12.0. The van der Waals surface area contributed by atoms with Crippen LogP contribution >= 0.6 is 0 Å². The van der Waals surface area contributed by atoms with Gasteiger partial charge < -0.3 is 15.7 Å². The molecule has 3 rings (SSSR count). The number of hydrogen-bond donors (Lipinski definition) is 2. The molecule has 2 aromatic rings. The van der Waals surface area contributed by atoms with Crippen LogP contribution in [0, 0.1) is 23.7 Å².